The number of nitrogens with zero attached hydrogens (tertiary/aromatic N) is 7. The summed E-state index contributed by atoms with van der Waals surface area (Å²) in [5, 5.41) is 18.3. The molecule has 1 amide bonds. The molecule has 0 saturated heterocycles. The van der Waals surface area contributed by atoms with E-state index in [9.17, 15) is 9.59 Å². The summed E-state index contributed by atoms with van der Waals surface area (Å²) in [6.07, 6.45) is 0.585. The van der Waals surface area contributed by atoms with Crippen LogP contribution in [0.5, 0.6) is 0 Å². The maximum absolute atomic E-state index is 13.6. The fourth-order valence-corrected chi connectivity index (χ4v) is 4.44. The van der Waals surface area contributed by atoms with Gasteiger partial charge in [-0.05, 0) is 33.7 Å². The Morgan fingerprint density at radius 3 is 2.41 bits per heavy atom. The van der Waals surface area contributed by atoms with Gasteiger partial charge in [-0.3, -0.25) is 9.36 Å². The lowest BCUT2D eigenvalue weighted by Crippen LogP contribution is -2.36. The van der Waals surface area contributed by atoms with E-state index < -0.39 is 5.69 Å². The van der Waals surface area contributed by atoms with Crippen LogP contribution in [-0.4, -0.2) is 41.2 Å². The zero-order valence-corrected chi connectivity index (χ0v) is 18.0. The molecule has 0 bridgehead atoms. The van der Waals surface area contributed by atoms with Crippen LogP contribution in [0, 0.1) is 0 Å². The van der Waals surface area contributed by atoms with Crippen LogP contribution in [-0.2, 0) is 11.3 Å². The number of rotatable bonds is 4. The van der Waals surface area contributed by atoms with E-state index in [0.717, 1.165) is 21.4 Å². The van der Waals surface area contributed by atoms with Crippen LogP contribution in [0.2, 0.25) is 0 Å². The maximum atomic E-state index is 13.6. The van der Waals surface area contributed by atoms with Crippen LogP contribution in [0.3, 0.4) is 0 Å². The van der Waals surface area contributed by atoms with E-state index in [1.54, 1.807) is 6.07 Å². The summed E-state index contributed by atoms with van der Waals surface area (Å²) in [5.41, 5.74) is 3.25. The number of carbonyl (C=O) groups is 1. The lowest BCUT2D eigenvalue weighted by molar-refractivity contribution is -0.133. The number of benzene rings is 3. The number of carbonyl (C=O) groups excluding carboxylic acids is 1. The second-order valence-electron chi connectivity index (χ2n) is 8.08. The summed E-state index contributed by atoms with van der Waals surface area (Å²) in [7, 11) is 0. The molecule has 1 aliphatic heterocycles. The summed E-state index contributed by atoms with van der Waals surface area (Å²) in [4.78, 5) is 26.8. The average Bonchev–Trinajstić information content (AvgIpc) is 3.56. The molecule has 5 aromatic rings. The SMILES string of the molecule is O=C(Cn1c(=O)n2nnnc2c2ccccc21)N1N=C(c2ccccc2)C[C@H]1c1ccccc1. The molecule has 6 rings (SSSR count). The first-order valence-corrected chi connectivity index (χ1v) is 10.9. The molecule has 2 aromatic heterocycles. The lowest BCUT2D eigenvalue weighted by atomic mass is 9.98. The molecule has 0 N–H and O–H groups in total. The normalized spacial score (nSPS) is 15.7. The van der Waals surface area contributed by atoms with Gasteiger partial charge in [0.15, 0.2) is 5.65 Å². The smallest absolute Gasteiger partial charge is 0.282 e. The predicted octanol–water partition coefficient (Wildman–Crippen LogP) is 2.82. The third-order valence-electron chi connectivity index (χ3n) is 6.07. The van der Waals surface area contributed by atoms with E-state index in [1.807, 2.05) is 78.9 Å². The third kappa shape index (κ3) is 3.25. The van der Waals surface area contributed by atoms with Gasteiger partial charge in [0.2, 0.25) is 0 Å². The number of fused-ring (bicyclic) bond motifs is 3. The van der Waals surface area contributed by atoms with Gasteiger partial charge in [-0.25, -0.2) is 9.80 Å². The van der Waals surface area contributed by atoms with Crippen LogP contribution in [0.1, 0.15) is 23.6 Å². The standard InChI is InChI=1S/C25H19N7O2/c33-23(16-30-21-14-8-7-13-19(21)24-26-28-29-32(24)25(30)34)31-22(18-11-5-2-6-12-18)15-20(27-31)17-9-3-1-4-10-17/h1-14,22H,15-16H2/t22-/m0/s1. The van der Waals surface area contributed by atoms with Gasteiger partial charge in [-0.1, -0.05) is 72.8 Å². The summed E-state index contributed by atoms with van der Waals surface area (Å²) in [5.74, 6) is -0.292. The molecule has 9 heteroatoms. The lowest BCUT2D eigenvalue weighted by Gasteiger charge is -2.22. The molecule has 0 fully saturated rings. The van der Waals surface area contributed by atoms with Crippen LogP contribution in [0.15, 0.2) is 94.8 Å². The third-order valence-corrected chi connectivity index (χ3v) is 6.07. The van der Waals surface area contributed by atoms with Gasteiger partial charge < -0.3 is 0 Å². The molecule has 3 aromatic carbocycles. The number of tetrazole rings is 1. The predicted molar refractivity (Wildman–Crippen MR) is 126 cm³/mol. The molecular weight excluding hydrogens is 430 g/mol. The van der Waals surface area contributed by atoms with E-state index in [2.05, 4.69) is 15.5 Å². The van der Waals surface area contributed by atoms with Gasteiger partial charge in [0, 0.05) is 11.8 Å². The van der Waals surface area contributed by atoms with Crippen LogP contribution in [0.4, 0.5) is 0 Å². The Hall–Kier alpha value is -4.66. The van der Waals surface area contributed by atoms with E-state index >= 15 is 0 Å². The second-order valence-corrected chi connectivity index (χ2v) is 8.08. The largest absolute Gasteiger partial charge is 0.353 e. The van der Waals surface area contributed by atoms with Gasteiger partial charge >= 0.3 is 5.69 Å². The number of amides is 1. The van der Waals surface area contributed by atoms with Crippen LogP contribution >= 0.6 is 0 Å². The van der Waals surface area contributed by atoms with Gasteiger partial charge in [0.25, 0.3) is 5.91 Å². The number of aromatic nitrogens is 5. The Labute approximate surface area is 193 Å². The molecule has 1 atom stereocenters. The minimum atomic E-state index is -0.477. The zero-order chi connectivity index (χ0) is 23.1. The Bertz CT molecular complexity index is 1610. The van der Waals surface area contributed by atoms with Crippen LogP contribution < -0.4 is 5.69 Å². The molecule has 0 aliphatic carbocycles. The zero-order valence-electron chi connectivity index (χ0n) is 18.0. The molecular formula is C25H19N7O2. The Morgan fingerprint density at radius 2 is 1.62 bits per heavy atom. The van der Waals surface area contributed by atoms with Crippen molar-refractivity contribution in [1.29, 1.82) is 0 Å². The summed E-state index contributed by atoms with van der Waals surface area (Å²) < 4.78 is 2.52. The fourth-order valence-electron chi connectivity index (χ4n) is 4.44. The Balaban J connectivity index is 1.43. The first-order chi connectivity index (χ1) is 16.7. The van der Waals surface area contributed by atoms with Gasteiger partial charge in [0.05, 0.1) is 17.3 Å². The van der Waals surface area contributed by atoms with Gasteiger partial charge in [-0.15, -0.1) is 9.61 Å². The van der Waals surface area contributed by atoms with Gasteiger partial charge in [0.1, 0.15) is 6.54 Å². The number of hydrogen-bond donors (Lipinski definition) is 0. The summed E-state index contributed by atoms with van der Waals surface area (Å²) >= 11 is 0. The monoisotopic (exact) mass is 449 g/mol. The quantitative estimate of drug-likeness (QED) is 0.420. The average molecular weight is 449 g/mol. The second kappa shape index (κ2) is 8.04. The van der Waals surface area contributed by atoms with Crippen molar-refractivity contribution in [2.75, 3.05) is 0 Å². The van der Waals surface area contributed by atoms with Crippen molar-refractivity contribution in [1.82, 2.24) is 29.6 Å². The Kier molecular flexibility index (Phi) is 4.72. The molecule has 0 unspecified atom stereocenters. The number of hydrazone groups is 1. The Morgan fingerprint density at radius 1 is 0.912 bits per heavy atom. The minimum absolute atomic E-state index is 0.190. The first-order valence-electron chi connectivity index (χ1n) is 10.9. The topological polar surface area (TPSA) is 97.8 Å². The van der Waals surface area contributed by atoms with Crippen molar-refractivity contribution in [3.05, 3.63) is 107 Å². The van der Waals surface area contributed by atoms with Crippen LogP contribution in [0.25, 0.3) is 16.6 Å². The van der Waals surface area contributed by atoms with Crippen molar-refractivity contribution in [3.63, 3.8) is 0 Å². The fraction of sp³-hybridized carbons (Fsp3) is 0.120. The van der Waals surface area contributed by atoms with Crippen molar-refractivity contribution in [2.24, 2.45) is 5.10 Å². The highest BCUT2D eigenvalue weighted by Gasteiger charge is 2.33. The minimum Gasteiger partial charge on any atom is -0.282 e. The van der Waals surface area contributed by atoms with Gasteiger partial charge in [-0.2, -0.15) is 5.10 Å². The molecule has 34 heavy (non-hydrogen) atoms. The number of hydrogen-bond acceptors (Lipinski definition) is 6. The van der Waals surface area contributed by atoms with E-state index in [-0.39, 0.29) is 18.5 Å². The molecule has 0 radical (unpaired) electrons. The summed E-state index contributed by atoms with van der Waals surface area (Å²) in [6, 6.07) is 26.6. The van der Waals surface area contributed by atoms with Crippen molar-refractivity contribution < 1.29 is 4.79 Å². The molecule has 3 heterocycles. The molecule has 166 valence electrons. The van der Waals surface area contributed by atoms with Crippen molar-refractivity contribution >= 4 is 28.2 Å². The van der Waals surface area contributed by atoms with Crippen molar-refractivity contribution in [3.8, 4) is 0 Å². The highest BCUT2D eigenvalue weighted by molar-refractivity contribution is 6.03. The first kappa shape index (κ1) is 20.0. The maximum Gasteiger partial charge on any atom is 0.353 e. The highest BCUT2D eigenvalue weighted by Crippen LogP contribution is 2.33. The van der Waals surface area contributed by atoms with E-state index in [1.165, 1.54) is 9.58 Å². The van der Waals surface area contributed by atoms with E-state index in [0.29, 0.717) is 23.0 Å². The molecule has 1 aliphatic rings. The molecule has 0 spiro atoms. The molecule has 9 nitrogen and oxygen atoms in total. The van der Waals surface area contributed by atoms with E-state index in [4.69, 9.17) is 5.10 Å². The number of para-hydroxylation sites is 1. The highest BCUT2D eigenvalue weighted by atomic mass is 16.2. The van der Waals surface area contributed by atoms with Crippen molar-refractivity contribution in [2.45, 2.75) is 19.0 Å². The summed E-state index contributed by atoms with van der Waals surface area (Å²) in [6.45, 7) is -0.190. The molecule has 0 saturated carbocycles.